The fraction of sp³-hybridized carbons (Fsp3) is 0.118. The molecule has 27 heavy (non-hydrogen) atoms. The molecule has 0 unspecified atom stereocenters. The number of hydrogen-bond acceptors (Lipinski definition) is 6. The Hall–Kier alpha value is -3.46. The van der Waals surface area contributed by atoms with Gasteiger partial charge in [0, 0.05) is 22.7 Å². The third-order valence-corrected chi connectivity index (χ3v) is 3.53. The molecule has 9 nitrogen and oxygen atoms in total. The van der Waals surface area contributed by atoms with Crippen LogP contribution in [0.15, 0.2) is 48.5 Å². The minimum atomic E-state index is -0.741. The zero-order chi connectivity index (χ0) is 19.8. The molecule has 2 aromatic rings. The summed E-state index contributed by atoms with van der Waals surface area (Å²) in [7, 11) is 0. The maximum Gasteiger partial charge on any atom is 0.310 e. The van der Waals surface area contributed by atoms with E-state index in [1.807, 2.05) is 0 Å². The number of hydrogen-bond donors (Lipinski definition) is 2. The molecule has 10 heteroatoms. The molecule has 0 aliphatic rings. The quantitative estimate of drug-likeness (QED) is 0.439. The summed E-state index contributed by atoms with van der Waals surface area (Å²) in [4.78, 5) is 45.1. The number of carbonyl (C=O) groups excluding carboxylic acids is 3. The second kappa shape index (κ2) is 9.30. The van der Waals surface area contributed by atoms with E-state index in [2.05, 4.69) is 10.9 Å². The Kier molecular flexibility index (Phi) is 6.84. The highest BCUT2D eigenvalue weighted by Gasteiger charge is 2.12. The van der Waals surface area contributed by atoms with Crippen LogP contribution in [0.2, 0.25) is 5.02 Å². The molecule has 0 atom stereocenters. The lowest BCUT2D eigenvalue weighted by molar-refractivity contribution is -0.384. The highest BCUT2D eigenvalue weighted by molar-refractivity contribution is 6.30. The van der Waals surface area contributed by atoms with E-state index >= 15 is 0 Å². The Morgan fingerprint density at radius 1 is 1.00 bits per heavy atom. The van der Waals surface area contributed by atoms with Gasteiger partial charge in [-0.15, -0.1) is 0 Å². The summed E-state index contributed by atoms with van der Waals surface area (Å²) in [6, 6.07) is 11.4. The molecule has 2 amide bonds. The molecule has 0 saturated heterocycles. The third kappa shape index (κ3) is 6.40. The number of amides is 2. The van der Waals surface area contributed by atoms with Gasteiger partial charge in [-0.2, -0.15) is 0 Å². The molecule has 0 heterocycles. The van der Waals surface area contributed by atoms with Crippen LogP contribution in [0.25, 0.3) is 0 Å². The Balaban J connectivity index is 1.73. The molecule has 140 valence electrons. The van der Waals surface area contributed by atoms with Crippen molar-refractivity contribution in [3.63, 3.8) is 0 Å². The predicted octanol–water partition coefficient (Wildman–Crippen LogP) is 1.80. The molecule has 0 aliphatic heterocycles. The Labute approximate surface area is 158 Å². The van der Waals surface area contributed by atoms with Gasteiger partial charge in [-0.05, 0) is 29.8 Å². The smallest absolute Gasteiger partial charge is 0.310 e. The van der Waals surface area contributed by atoms with Crippen molar-refractivity contribution in [2.24, 2.45) is 0 Å². The third-order valence-electron chi connectivity index (χ3n) is 3.28. The van der Waals surface area contributed by atoms with E-state index in [1.165, 1.54) is 12.1 Å². The first kappa shape index (κ1) is 19.9. The molecule has 0 fully saturated rings. The number of nitrogens with zero attached hydrogens (tertiary/aromatic N) is 1. The van der Waals surface area contributed by atoms with Crippen LogP contribution >= 0.6 is 11.6 Å². The van der Waals surface area contributed by atoms with Crippen LogP contribution in [0, 0.1) is 10.1 Å². The summed E-state index contributed by atoms with van der Waals surface area (Å²) < 4.78 is 4.81. The van der Waals surface area contributed by atoms with Gasteiger partial charge >= 0.3 is 5.97 Å². The number of non-ortho nitro benzene ring substituents is 1. The molecule has 0 bridgehead atoms. The van der Waals surface area contributed by atoms with Crippen molar-refractivity contribution in [2.75, 3.05) is 6.61 Å². The predicted molar refractivity (Wildman–Crippen MR) is 94.8 cm³/mol. The van der Waals surface area contributed by atoms with Crippen molar-refractivity contribution < 1.29 is 24.0 Å². The maximum absolute atomic E-state index is 11.8. The Bertz CT molecular complexity index is 852. The molecule has 0 saturated carbocycles. The first-order valence-corrected chi connectivity index (χ1v) is 7.96. The van der Waals surface area contributed by atoms with E-state index in [4.69, 9.17) is 16.3 Å². The number of ether oxygens (including phenoxy) is 1. The Morgan fingerprint density at radius 2 is 1.63 bits per heavy atom. The normalized spacial score (nSPS) is 9.96. The molecule has 2 rings (SSSR count). The van der Waals surface area contributed by atoms with E-state index in [9.17, 15) is 24.5 Å². The minimum absolute atomic E-state index is 0.0282. The molecular weight excluding hydrogens is 378 g/mol. The van der Waals surface area contributed by atoms with Crippen molar-refractivity contribution in [3.8, 4) is 0 Å². The van der Waals surface area contributed by atoms with E-state index in [0.29, 0.717) is 10.6 Å². The topological polar surface area (TPSA) is 128 Å². The largest absolute Gasteiger partial charge is 0.455 e. The molecule has 2 aromatic carbocycles. The van der Waals surface area contributed by atoms with Gasteiger partial charge in [0.15, 0.2) is 6.61 Å². The van der Waals surface area contributed by atoms with Crippen LogP contribution in [0.1, 0.15) is 15.9 Å². The van der Waals surface area contributed by atoms with Gasteiger partial charge in [-0.1, -0.05) is 23.7 Å². The van der Waals surface area contributed by atoms with Crippen LogP contribution in [-0.4, -0.2) is 29.3 Å². The second-order valence-corrected chi connectivity index (χ2v) is 5.71. The number of nitro groups is 1. The molecule has 0 aromatic heterocycles. The molecule has 0 aliphatic carbocycles. The number of hydrazine groups is 1. The zero-order valence-corrected chi connectivity index (χ0v) is 14.6. The monoisotopic (exact) mass is 391 g/mol. The summed E-state index contributed by atoms with van der Waals surface area (Å²) in [5.41, 5.74) is 4.82. The Morgan fingerprint density at radius 3 is 2.22 bits per heavy atom. The summed E-state index contributed by atoms with van der Waals surface area (Å²) in [6.07, 6.45) is -0.0282. The number of nitrogens with one attached hydrogen (secondary N) is 2. The fourth-order valence-electron chi connectivity index (χ4n) is 1.94. The number of carbonyl (C=O) groups is 3. The van der Waals surface area contributed by atoms with E-state index in [1.54, 1.807) is 24.3 Å². The molecule has 0 radical (unpaired) electrons. The van der Waals surface area contributed by atoms with Gasteiger partial charge in [-0.25, -0.2) is 0 Å². The lowest BCUT2D eigenvalue weighted by Crippen LogP contribution is -2.43. The highest BCUT2D eigenvalue weighted by Crippen LogP contribution is 2.12. The summed E-state index contributed by atoms with van der Waals surface area (Å²) in [5.74, 6) is -2.03. The number of benzene rings is 2. The van der Waals surface area contributed by atoms with E-state index in [-0.39, 0.29) is 17.7 Å². The number of halogens is 1. The van der Waals surface area contributed by atoms with Gasteiger partial charge in [0.25, 0.3) is 17.5 Å². The van der Waals surface area contributed by atoms with Crippen LogP contribution in [0.5, 0.6) is 0 Å². The van der Waals surface area contributed by atoms with Gasteiger partial charge in [-0.3, -0.25) is 35.3 Å². The van der Waals surface area contributed by atoms with Crippen LogP contribution in [0.4, 0.5) is 5.69 Å². The first-order valence-electron chi connectivity index (χ1n) is 7.59. The number of esters is 1. The SMILES string of the molecule is O=C(COC(=O)Cc1ccc(Cl)cc1)NNC(=O)c1ccc([N+](=O)[O-])cc1. The molecule has 0 spiro atoms. The zero-order valence-electron chi connectivity index (χ0n) is 13.8. The lowest BCUT2D eigenvalue weighted by atomic mass is 10.1. The van der Waals surface area contributed by atoms with Crippen LogP contribution < -0.4 is 10.9 Å². The summed E-state index contributed by atoms with van der Waals surface area (Å²) >= 11 is 5.74. The average Bonchev–Trinajstić information content (AvgIpc) is 2.66. The lowest BCUT2D eigenvalue weighted by Gasteiger charge is -2.08. The number of rotatable bonds is 6. The van der Waals surface area contributed by atoms with Crippen molar-refractivity contribution in [1.29, 1.82) is 0 Å². The van der Waals surface area contributed by atoms with Crippen LogP contribution in [-0.2, 0) is 20.7 Å². The maximum atomic E-state index is 11.8. The van der Waals surface area contributed by atoms with Crippen molar-refractivity contribution in [2.45, 2.75) is 6.42 Å². The van der Waals surface area contributed by atoms with E-state index in [0.717, 1.165) is 12.1 Å². The average molecular weight is 392 g/mol. The summed E-state index contributed by atoms with van der Waals surface area (Å²) in [5, 5.41) is 11.1. The highest BCUT2D eigenvalue weighted by atomic mass is 35.5. The van der Waals surface area contributed by atoms with Crippen molar-refractivity contribution >= 4 is 35.1 Å². The number of nitro benzene ring substituents is 1. The molecular formula is C17H14ClN3O6. The van der Waals surface area contributed by atoms with Crippen molar-refractivity contribution in [1.82, 2.24) is 10.9 Å². The van der Waals surface area contributed by atoms with E-state index < -0.39 is 29.3 Å². The standard InChI is InChI=1S/C17H14ClN3O6/c18-13-5-1-11(2-6-13)9-16(23)27-10-15(22)19-20-17(24)12-3-7-14(8-4-12)21(25)26/h1-8H,9-10H2,(H,19,22)(H,20,24). The van der Waals surface area contributed by atoms with Gasteiger partial charge in [0.1, 0.15) is 0 Å². The molecule has 2 N–H and O–H groups in total. The minimum Gasteiger partial charge on any atom is -0.455 e. The van der Waals surface area contributed by atoms with Gasteiger partial charge < -0.3 is 4.74 Å². The first-order chi connectivity index (χ1) is 12.8. The van der Waals surface area contributed by atoms with Crippen LogP contribution in [0.3, 0.4) is 0 Å². The summed E-state index contributed by atoms with van der Waals surface area (Å²) in [6.45, 7) is -0.576. The van der Waals surface area contributed by atoms with Gasteiger partial charge in [0.05, 0.1) is 11.3 Å². The van der Waals surface area contributed by atoms with Crippen molar-refractivity contribution in [3.05, 3.63) is 74.8 Å². The fourth-order valence-corrected chi connectivity index (χ4v) is 2.06. The second-order valence-electron chi connectivity index (χ2n) is 5.27. The van der Waals surface area contributed by atoms with Gasteiger partial charge in [0.2, 0.25) is 0 Å².